The van der Waals surface area contributed by atoms with Gasteiger partial charge in [0.2, 0.25) is 10.0 Å². The molecular formula is C25H34N4O6S2. The predicted molar refractivity (Wildman–Crippen MR) is 138 cm³/mol. The summed E-state index contributed by atoms with van der Waals surface area (Å²) in [4.78, 5) is 17.1. The maximum absolute atomic E-state index is 13.6. The molecular weight excluding hydrogens is 516 g/mol. The van der Waals surface area contributed by atoms with Crippen LogP contribution in [-0.2, 0) is 24.2 Å². The van der Waals surface area contributed by atoms with Crippen molar-refractivity contribution in [2.24, 2.45) is 17.3 Å². The Balaban J connectivity index is 1.07. The third kappa shape index (κ3) is 5.18. The zero-order valence-corrected chi connectivity index (χ0v) is 22.6. The number of hydrogen-bond acceptors (Lipinski definition) is 9. The van der Waals surface area contributed by atoms with Gasteiger partial charge in [-0.3, -0.25) is 0 Å². The molecule has 3 N–H and O–H groups in total. The summed E-state index contributed by atoms with van der Waals surface area (Å²) in [6.45, 7) is 3.74. The highest BCUT2D eigenvalue weighted by Gasteiger charge is 2.50. The van der Waals surface area contributed by atoms with Crippen LogP contribution >= 0.6 is 11.3 Å². The molecule has 2 saturated carbocycles. The summed E-state index contributed by atoms with van der Waals surface area (Å²) in [5.41, 5.74) is 6.49. The van der Waals surface area contributed by atoms with Gasteiger partial charge in [0.05, 0.1) is 27.8 Å². The van der Waals surface area contributed by atoms with E-state index in [2.05, 4.69) is 17.2 Å². The van der Waals surface area contributed by atoms with Crippen LogP contribution in [0.25, 0.3) is 10.2 Å². The molecule has 3 saturated heterocycles. The second kappa shape index (κ2) is 9.64. The molecule has 0 spiro atoms. The molecule has 2 aliphatic carbocycles. The first kappa shape index (κ1) is 25.3. The molecule has 0 radical (unpaired) electrons. The number of nitrogen functional groups attached to an aromatic ring is 1. The van der Waals surface area contributed by atoms with Gasteiger partial charge in [-0.15, -0.1) is 0 Å². The normalized spacial score (nSPS) is 29.9. The molecule has 1 aromatic heterocycles. The summed E-state index contributed by atoms with van der Waals surface area (Å²) in [7, 11) is -3.72. The van der Waals surface area contributed by atoms with E-state index in [9.17, 15) is 13.2 Å². The van der Waals surface area contributed by atoms with Crippen LogP contribution in [-0.4, -0.2) is 68.5 Å². The third-order valence-corrected chi connectivity index (χ3v) is 10.9. The van der Waals surface area contributed by atoms with Crippen molar-refractivity contribution in [3.63, 3.8) is 0 Å². The lowest BCUT2D eigenvalue weighted by atomic mass is 9.96. The van der Waals surface area contributed by atoms with Crippen LogP contribution < -0.4 is 11.1 Å². The number of sulfonamides is 1. The number of amides is 1. The SMILES string of the molecule is CC1(CN(CCCNC(=O)OC2C3CCC4CC2OC4OC3)S(=O)(=O)c2ccc3nc(N)sc3c2)CC1. The first-order valence-corrected chi connectivity index (χ1v) is 15.3. The molecule has 1 amide bonds. The van der Waals surface area contributed by atoms with Crippen LogP contribution in [0.4, 0.5) is 9.93 Å². The van der Waals surface area contributed by atoms with Crippen molar-refractivity contribution in [2.45, 2.75) is 68.8 Å². The predicted octanol–water partition coefficient (Wildman–Crippen LogP) is 3.33. The number of thiazole rings is 1. The molecule has 12 heteroatoms. The highest BCUT2D eigenvalue weighted by atomic mass is 32.2. The Hall–Kier alpha value is -1.99. The first-order chi connectivity index (χ1) is 17.7. The van der Waals surface area contributed by atoms with Gasteiger partial charge in [0.25, 0.3) is 0 Å². The van der Waals surface area contributed by atoms with Gasteiger partial charge < -0.3 is 25.3 Å². The van der Waals surface area contributed by atoms with E-state index in [1.165, 1.54) is 11.3 Å². The minimum absolute atomic E-state index is 0.00170. The number of ether oxygens (including phenoxy) is 3. The molecule has 5 atom stereocenters. The number of rotatable bonds is 9. The van der Waals surface area contributed by atoms with E-state index < -0.39 is 16.1 Å². The number of carbonyl (C=O) groups excluding carboxylic acids is 1. The number of nitrogens with one attached hydrogen (secondary N) is 1. The highest BCUT2D eigenvalue weighted by Crippen LogP contribution is 2.46. The summed E-state index contributed by atoms with van der Waals surface area (Å²) >= 11 is 1.27. The Morgan fingerprint density at radius 1 is 1.32 bits per heavy atom. The Bertz CT molecular complexity index is 1260. The summed E-state index contributed by atoms with van der Waals surface area (Å²) in [6.07, 6.45) is 4.30. The Kier molecular flexibility index (Phi) is 6.59. The molecule has 5 unspecified atom stereocenters. The van der Waals surface area contributed by atoms with Crippen LogP contribution in [0.2, 0.25) is 0 Å². The van der Waals surface area contributed by atoms with E-state index in [1.807, 2.05) is 0 Å². The molecule has 1 aromatic carbocycles. The quantitative estimate of drug-likeness (QED) is 0.454. The van der Waals surface area contributed by atoms with E-state index >= 15 is 0 Å². The monoisotopic (exact) mass is 550 g/mol. The second-order valence-electron chi connectivity index (χ2n) is 11.2. The standard InChI is InChI=1S/C25H34N4O6S2/c1-25(7-8-25)14-29(37(31,32)17-5-6-18-20(12-17)36-23(26)28-18)10-2-9-27-24(30)35-21-16-4-3-15-11-19(21)34-22(15)33-13-16/h5-6,12,15-16,19,21-22H,2-4,7-11,13-14H2,1H3,(H2,26,28)(H,27,30). The fourth-order valence-electron chi connectivity index (χ4n) is 5.78. The lowest BCUT2D eigenvalue weighted by Crippen LogP contribution is -2.41. The van der Waals surface area contributed by atoms with E-state index in [0.29, 0.717) is 49.2 Å². The highest BCUT2D eigenvalue weighted by molar-refractivity contribution is 7.89. The van der Waals surface area contributed by atoms with Crippen LogP contribution in [0.15, 0.2) is 23.1 Å². The molecule has 202 valence electrons. The van der Waals surface area contributed by atoms with Crippen molar-refractivity contribution in [1.82, 2.24) is 14.6 Å². The Morgan fingerprint density at radius 3 is 2.95 bits per heavy atom. The largest absolute Gasteiger partial charge is 0.443 e. The zero-order chi connectivity index (χ0) is 25.8. The molecule has 5 aliphatic rings. The van der Waals surface area contributed by atoms with Crippen molar-refractivity contribution in [2.75, 3.05) is 32.0 Å². The van der Waals surface area contributed by atoms with E-state index in [1.54, 1.807) is 22.5 Å². The van der Waals surface area contributed by atoms with Gasteiger partial charge in [-0.05, 0) is 62.1 Å². The average Bonchev–Trinajstić information content (AvgIpc) is 3.44. The van der Waals surface area contributed by atoms with Crippen LogP contribution in [0.3, 0.4) is 0 Å². The first-order valence-electron chi connectivity index (χ1n) is 13.1. The number of benzene rings is 1. The van der Waals surface area contributed by atoms with Crippen molar-refractivity contribution in [1.29, 1.82) is 0 Å². The molecule has 2 aromatic rings. The van der Waals surface area contributed by atoms with Crippen LogP contribution in [0.5, 0.6) is 0 Å². The van der Waals surface area contributed by atoms with E-state index in [4.69, 9.17) is 19.9 Å². The van der Waals surface area contributed by atoms with Crippen molar-refractivity contribution >= 4 is 42.8 Å². The topological polar surface area (TPSA) is 133 Å². The van der Waals surface area contributed by atoms with E-state index in [-0.39, 0.29) is 34.7 Å². The lowest BCUT2D eigenvalue weighted by molar-refractivity contribution is -0.139. The van der Waals surface area contributed by atoms with Crippen molar-refractivity contribution in [3.05, 3.63) is 18.2 Å². The smallest absolute Gasteiger partial charge is 0.407 e. The molecule has 5 fully saturated rings. The van der Waals surface area contributed by atoms with Gasteiger partial charge in [0, 0.05) is 31.5 Å². The number of nitrogens with zero attached hydrogens (tertiary/aromatic N) is 2. The maximum Gasteiger partial charge on any atom is 0.407 e. The summed E-state index contributed by atoms with van der Waals surface area (Å²) in [5.74, 6) is 0.543. The molecule has 3 aliphatic heterocycles. The summed E-state index contributed by atoms with van der Waals surface area (Å²) in [5, 5.41) is 3.23. The van der Waals surface area contributed by atoms with Crippen LogP contribution in [0, 0.1) is 17.3 Å². The lowest BCUT2D eigenvalue weighted by Gasteiger charge is -2.27. The number of carbonyl (C=O) groups is 1. The van der Waals surface area contributed by atoms with E-state index in [0.717, 1.165) is 36.8 Å². The molecule has 7 rings (SSSR count). The van der Waals surface area contributed by atoms with Gasteiger partial charge >= 0.3 is 6.09 Å². The minimum atomic E-state index is -3.72. The zero-order valence-electron chi connectivity index (χ0n) is 20.9. The van der Waals surface area contributed by atoms with Crippen molar-refractivity contribution < 1.29 is 27.4 Å². The number of fused-ring (bicyclic) bond motifs is 3. The summed E-state index contributed by atoms with van der Waals surface area (Å²) in [6, 6.07) is 4.94. The van der Waals surface area contributed by atoms with Gasteiger partial charge in [-0.1, -0.05) is 18.3 Å². The fraction of sp³-hybridized carbons (Fsp3) is 0.680. The minimum Gasteiger partial charge on any atom is -0.443 e. The Morgan fingerprint density at radius 2 is 2.14 bits per heavy atom. The number of aromatic nitrogens is 1. The van der Waals surface area contributed by atoms with Crippen molar-refractivity contribution in [3.8, 4) is 0 Å². The molecule has 10 nitrogen and oxygen atoms in total. The third-order valence-electron chi connectivity index (χ3n) is 8.22. The fourth-order valence-corrected chi connectivity index (χ4v) is 8.28. The maximum atomic E-state index is 13.6. The number of alkyl carbamates (subject to hydrolysis) is 1. The van der Waals surface area contributed by atoms with Crippen LogP contribution in [0.1, 0.15) is 45.4 Å². The number of anilines is 1. The van der Waals surface area contributed by atoms with Gasteiger partial charge in [-0.25, -0.2) is 18.2 Å². The molecule has 37 heavy (non-hydrogen) atoms. The molecule has 4 heterocycles. The Labute approximate surface area is 220 Å². The summed E-state index contributed by atoms with van der Waals surface area (Å²) < 4.78 is 47.1. The second-order valence-corrected chi connectivity index (χ2v) is 14.2. The van der Waals surface area contributed by atoms with Gasteiger partial charge in [0.15, 0.2) is 11.4 Å². The number of nitrogens with two attached hydrogens (primary N) is 1. The van der Waals surface area contributed by atoms with Gasteiger partial charge in [-0.2, -0.15) is 4.31 Å². The van der Waals surface area contributed by atoms with Gasteiger partial charge in [0.1, 0.15) is 6.10 Å². The molecule has 4 bridgehead atoms. The average molecular weight is 551 g/mol. The number of hydrogen-bond donors (Lipinski definition) is 2.